The summed E-state index contributed by atoms with van der Waals surface area (Å²) in [6.07, 6.45) is 8.24. The molecular formula is C13H11BrO3S. The van der Waals surface area contributed by atoms with E-state index in [0.717, 1.165) is 0 Å². The summed E-state index contributed by atoms with van der Waals surface area (Å²) in [5, 5.41) is -0.531. The first kappa shape index (κ1) is 13.2. The van der Waals surface area contributed by atoms with Crippen LogP contribution in [0.15, 0.2) is 51.9 Å². The minimum Gasteiger partial charge on any atom is -0.298 e. The van der Waals surface area contributed by atoms with Crippen LogP contribution in [0.3, 0.4) is 0 Å². The molecule has 1 atom stereocenters. The van der Waals surface area contributed by atoms with Crippen LogP contribution in [0.25, 0.3) is 0 Å². The Morgan fingerprint density at radius 1 is 1.28 bits per heavy atom. The van der Waals surface area contributed by atoms with Crippen molar-refractivity contribution >= 4 is 32.1 Å². The fourth-order valence-corrected chi connectivity index (χ4v) is 3.92. The second-order valence-electron chi connectivity index (χ2n) is 3.93. The van der Waals surface area contributed by atoms with Gasteiger partial charge in [0, 0.05) is 10.0 Å². The van der Waals surface area contributed by atoms with Crippen LogP contribution in [0.4, 0.5) is 0 Å². The lowest BCUT2D eigenvalue weighted by Crippen LogP contribution is -2.19. The third kappa shape index (κ3) is 2.47. The minimum absolute atomic E-state index is 0.227. The molecule has 0 amide bonds. The van der Waals surface area contributed by atoms with Crippen LogP contribution < -0.4 is 0 Å². The minimum atomic E-state index is -3.39. The van der Waals surface area contributed by atoms with E-state index in [0.29, 0.717) is 22.7 Å². The molecule has 0 heterocycles. The fourth-order valence-electron chi connectivity index (χ4n) is 1.74. The van der Waals surface area contributed by atoms with Crippen LogP contribution in [0.2, 0.25) is 0 Å². The van der Waals surface area contributed by atoms with E-state index in [1.807, 2.05) is 12.2 Å². The SMILES string of the molecule is O=Cc1ccc(S(=O)(=O)C2C=CC=CC2)cc1Br. The number of carbonyl (C=O) groups excluding carboxylic acids is 1. The molecule has 1 aromatic carbocycles. The molecule has 5 heteroatoms. The molecule has 0 aliphatic heterocycles. The third-order valence-electron chi connectivity index (χ3n) is 2.77. The summed E-state index contributed by atoms with van der Waals surface area (Å²) in [5.41, 5.74) is 0.438. The molecule has 18 heavy (non-hydrogen) atoms. The van der Waals surface area contributed by atoms with Crippen molar-refractivity contribution in [1.29, 1.82) is 0 Å². The summed E-state index contributed by atoms with van der Waals surface area (Å²) in [4.78, 5) is 10.9. The molecule has 1 aromatic rings. The molecule has 0 spiro atoms. The molecule has 0 saturated carbocycles. The molecule has 0 bridgehead atoms. The standard InChI is InChI=1S/C13H11BrO3S/c14-13-8-12(7-6-10(13)9-15)18(16,17)11-4-2-1-3-5-11/h1-4,6-9,11H,5H2. The van der Waals surface area contributed by atoms with E-state index in [2.05, 4.69) is 15.9 Å². The lowest BCUT2D eigenvalue weighted by molar-refractivity contribution is 0.112. The highest BCUT2D eigenvalue weighted by molar-refractivity contribution is 9.10. The Balaban J connectivity index is 2.41. The van der Waals surface area contributed by atoms with E-state index in [1.165, 1.54) is 18.2 Å². The van der Waals surface area contributed by atoms with Crippen molar-refractivity contribution in [1.82, 2.24) is 0 Å². The Bertz CT molecular complexity index is 630. The quantitative estimate of drug-likeness (QED) is 0.802. The van der Waals surface area contributed by atoms with E-state index in [-0.39, 0.29) is 4.90 Å². The highest BCUT2D eigenvalue weighted by atomic mass is 79.9. The number of allylic oxidation sites excluding steroid dienone is 3. The van der Waals surface area contributed by atoms with Gasteiger partial charge in [-0.05, 0) is 24.6 Å². The van der Waals surface area contributed by atoms with Crippen molar-refractivity contribution in [2.75, 3.05) is 0 Å². The van der Waals surface area contributed by atoms with Gasteiger partial charge in [-0.1, -0.05) is 40.2 Å². The maximum atomic E-state index is 12.3. The number of sulfone groups is 1. The zero-order chi connectivity index (χ0) is 13.2. The van der Waals surface area contributed by atoms with Crippen molar-refractivity contribution < 1.29 is 13.2 Å². The monoisotopic (exact) mass is 326 g/mol. The summed E-state index contributed by atoms with van der Waals surface area (Å²) >= 11 is 3.20. The van der Waals surface area contributed by atoms with Crippen LogP contribution in [-0.4, -0.2) is 20.0 Å². The number of aldehydes is 1. The third-order valence-corrected chi connectivity index (χ3v) is 5.51. The highest BCUT2D eigenvalue weighted by Gasteiger charge is 2.25. The highest BCUT2D eigenvalue weighted by Crippen LogP contribution is 2.26. The van der Waals surface area contributed by atoms with Crippen LogP contribution in [0, 0.1) is 0 Å². The predicted octanol–water partition coefficient (Wildman–Crippen LogP) is 2.92. The first-order valence-electron chi connectivity index (χ1n) is 5.37. The average Bonchev–Trinajstić information content (AvgIpc) is 2.39. The Morgan fingerprint density at radius 3 is 2.61 bits per heavy atom. The zero-order valence-electron chi connectivity index (χ0n) is 9.41. The number of benzene rings is 1. The molecule has 0 aromatic heterocycles. The first-order valence-corrected chi connectivity index (χ1v) is 7.71. The van der Waals surface area contributed by atoms with Crippen molar-refractivity contribution in [3.63, 3.8) is 0 Å². The summed E-state index contributed by atoms with van der Waals surface area (Å²) in [6, 6.07) is 4.45. The van der Waals surface area contributed by atoms with Gasteiger partial charge in [-0.2, -0.15) is 0 Å². The largest absolute Gasteiger partial charge is 0.298 e. The van der Waals surface area contributed by atoms with E-state index in [9.17, 15) is 13.2 Å². The van der Waals surface area contributed by atoms with Crippen molar-refractivity contribution in [2.24, 2.45) is 0 Å². The second kappa shape index (κ2) is 5.20. The topological polar surface area (TPSA) is 51.2 Å². The lowest BCUT2D eigenvalue weighted by Gasteiger charge is -2.14. The fraction of sp³-hybridized carbons (Fsp3) is 0.154. The van der Waals surface area contributed by atoms with Crippen molar-refractivity contribution in [3.05, 3.63) is 52.5 Å². The van der Waals surface area contributed by atoms with Gasteiger partial charge >= 0.3 is 0 Å². The normalized spacial score (nSPS) is 18.8. The number of hydrogen-bond acceptors (Lipinski definition) is 3. The summed E-state index contributed by atoms with van der Waals surface area (Å²) in [5.74, 6) is 0. The van der Waals surface area contributed by atoms with Crippen LogP contribution in [0.1, 0.15) is 16.8 Å². The Labute approximate surface area is 114 Å². The van der Waals surface area contributed by atoms with Crippen LogP contribution in [-0.2, 0) is 9.84 Å². The maximum Gasteiger partial charge on any atom is 0.185 e. The molecule has 94 valence electrons. The van der Waals surface area contributed by atoms with Gasteiger partial charge in [0.25, 0.3) is 0 Å². The Hall–Kier alpha value is -1.20. The maximum absolute atomic E-state index is 12.3. The van der Waals surface area contributed by atoms with Gasteiger partial charge in [0.1, 0.15) is 0 Å². The molecule has 0 radical (unpaired) electrons. The van der Waals surface area contributed by atoms with Gasteiger partial charge in [0.15, 0.2) is 16.1 Å². The van der Waals surface area contributed by atoms with E-state index in [4.69, 9.17) is 0 Å². The van der Waals surface area contributed by atoms with E-state index >= 15 is 0 Å². The molecule has 3 nitrogen and oxygen atoms in total. The molecule has 0 saturated heterocycles. The molecule has 1 aliphatic rings. The molecule has 1 unspecified atom stereocenters. The molecule has 1 aliphatic carbocycles. The van der Waals surface area contributed by atoms with Gasteiger partial charge in [-0.3, -0.25) is 4.79 Å². The summed E-state index contributed by atoms with van der Waals surface area (Å²) in [6.45, 7) is 0. The molecular weight excluding hydrogens is 316 g/mol. The molecule has 0 fully saturated rings. The first-order chi connectivity index (χ1) is 8.55. The predicted molar refractivity (Wildman–Crippen MR) is 73.4 cm³/mol. The van der Waals surface area contributed by atoms with Crippen LogP contribution in [0.5, 0.6) is 0 Å². The van der Waals surface area contributed by atoms with Crippen LogP contribution >= 0.6 is 15.9 Å². The van der Waals surface area contributed by atoms with Crippen molar-refractivity contribution in [3.8, 4) is 0 Å². The van der Waals surface area contributed by atoms with Gasteiger partial charge in [0.2, 0.25) is 0 Å². The lowest BCUT2D eigenvalue weighted by atomic mass is 10.2. The summed E-state index contributed by atoms with van der Waals surface area (Å²) < 4.78 is 25.2. The van der Waals surface area contributed by atoms with Crippen molar-refractivity contribution in [2.45, 2.75) is 16.6 Å². The summed E-state index contributed by atoms with van der Waals surface area (Å²) in [7, 11) is -3.39. The Kier molecular flexibility index (Phi) is 3.82. The second-order valence-corrected chi connectivity index (χ2v) is 6.95. The number of hydrogen-bond donors (Lipinski definition) is 0. The number of halogens is 1. The molecule has 0 N–H and O–H groups in total. The zero-order valence-corrected chi connectivity index (χ0v) is 11.8. The van der Waals surface area contributed by atoms with Gasteiger partial charge in [-0.15, -0.1) is 0 Å². The van der Waals surface area contributed by atoms with Gasteiger partial charge in [0.05, 0.1) is 10.1 Å². The average molecular weight is 327 g/mol. The smallest absolute Gasteiger partial charge is 0.185 e. The Morgan fingerprint density at radius 2 is 2.06 bits per heavy atom. The number of rotatable bonds is 3. The van der Waals surface area contributed by atoms with E-state index < -0.39 is 15.1 Å². The number of carbonyl (C=O) groups is 1. The van der Waals surface area contributed by atoms with E-state index in [1.54, 1.807) is 12.2 Å². The molecule has 2 rings (SSSR count). The van der Waals surface area contributed by atoms with Gasteiger partial charge in [-0.25, -0.2) is 8.42 Å². The van der Waals surface area contributed by atoms with Gasteiger partial charge < -0.3 is 0 Å².